The van der Waals surface area contributed by atoms with Crippen LogP contribution in [0.2, 0.25) is 0 Å². The first-order valence-corrected chi connectivity index (χ1v) is 8.58. The van der Waals surface area contributed by atoms with Crippen LogP contribution in [0.25, 0.3) is 6.08 Å². The summed E-state index contributed by atoms with van der Waals surface area (Å²) in [4.78, 5) is 26.3. The lowest BCUT2D eigenvalue weighted by molar-refractivity contribution is -0.384. The van der Waals surface area contributed by atoms with Gasteiger partial charge in [-0.05, 0) is 17.2 Å². The van der Waals surface area contributed by atoms with Crippen molar-refractivity contribution in [3.8, 4) is 0 Å². The molecular formula is C18H13N5O3S. The molecule has 0 aliphatic heterocycles. The second-order valence-corrected chi connectivity index (χ2v) is 6.19. The maximum atomic E-state index is 11.9. The number of nitro benzene ring substituents is 1. The van der Waals surface area contributed by atoms with Gasteiger partial charge in [0.05, 0.1) is 4.92 Å². The van der Waals surface area contributed by atoms with Gasteiger partial charge < -0.3 is 0 Å². The lowest BCUT2D eigenvalue weighted by Crippen LogP contribution is -2.07. The molecule has 9 heteroatoms. The van der Waals surface area contributed by atoms with Gasteiger partial charge in [0.25, 0.3) is 5.69 Å². The number of carbonyl (C=O) groups excluding carboxylic acids is 1. The quantitative estimate of drug-likeness (QED) is 0.303. The van der Waals surface area contributed by atoms with Crippen LogP contribution in [0.4, 0.5) is 16.0 Å². The number of benzene rings is 2. The molecule has 0 radical (unpaired) electrons. The van der Waals surface area contributed by atoms with Crippen molar-refractivity contribution >= 4 is 45.5 Å². The van der Waals surface area contributed by atoms with Crippen LogP contribution in [0.5, 0.6) is 0 Å². The number of amides is 1. The monoisotopic (exact) mass is 379 g/mol. The molecule has 0 bridgehead atoms. The molecule has 0 fully saturated rings. The fourth-order valence-electron chi connectivity index (χ4n) is 2.05. The summed E-state index contributed by atoms with van der Waals surface area (Å²) in [6.45, 7) is 0. The highest BCUT2D eigenvalue weighted by atomic mass is 32.1. The third-order valence-electron chi connectivity index (χ3n) is 3.28. The van der Waals surface area contributed by atoms with Crippen molar-refractivity contribution in [1.82, 2.24) is 10.2 Å². The van der Waals surface area contributed by atoms with Gasteiger partial charge in [-0.25, -0.2) is 4.99 Å². The minimum atomic E-state index is -0.473. The Hall–Kier alpha value is -3.72. The number of carbonyl (C=O) groups is 1. The zero-order chi connectivity index (χ0) is 19.1. The number of non-ortho nitro benzene ring substituents is 1. The van der Waals surface area contributed by atoms with E-state index in [1.54, 1.807) is 18.2 Å². The van der Waals surface area contributed by atoms with E-state index in [1.165, 1.54) is 24.4 Å². The molecule has 0 atom stereocenters. The second kappa shape index (κ2) is 8.59. The van der Waals surface area contributed by atoms with Gasteiger partial charge in [0.2, 0.25) is 16.2 Å². The Balaban J connectivity index is 1.61. The minimum absolute atomic E-state index is 0.0191. The summed E-state index contributed by atoms with van der Waals surface area (Å²) in [5.41, 5.74) is 1.46. The normalized spacial score (nSPS) is 11.1. The molecule has 0 aliphatic carbocycles. The number of rotatable bonds is 6. The van der Waals surface area contributed by atoms with Crippen LogP contribution >= 0.6 is 11.3 Å². The fourth-order valence-corrected chi connectivity index (χ4v) is 2.64. The van der Waals surface area contributed by atoms with Crippen molar-refractivity contribution in [2.24, 2.45) is 4.99 Å². The van der Waals surface area contributed by atoms with Gasteiger partial charge in [0, 0.05) is 24.4 Å². The van der Waals surface area contributed by atoms with E-state index >= 15 is 0 Å². The Bertz CT molecular complexity index is 1010. The Morgan fingerprint density at radius 2 is 1.89 bits per heavy atom. The Kier molecular flexibility index (Phi) is 5.75. The lowest BCUT2D eigenvalue weighted by atomic mass is 10.2. The number of anilines is 1. The summed E-state index contributed by atoms with van der Waals surface area (Å²) in [5.74, 6) is -0.329. The Morgan fingerprint density at radius 3 is 2.67 bits per heavy atom. The van der Waals surface area contributed by atoms with Crippen molar-refractivity contribution in [3.05, 3.63) is 81.9 Å². The van der Waals surface area contributed by atoms with Crippen molar-refractivity contribution in [1.29, 1.82) is 0 Å². The summed E-state index contributed by atoms with van der Waals surface area (Å²) >= 11 is 1.09. The minimum Gasteiger partial charge on any atom is -0.297 e. The molecular weight excluding hydrogens is 366 g/mol. The average Bonchev–Trinajstić information content (AvgIpc) is 3.13. The number of hydrogen-bond acceptors (Lipinski definition) is 7. The van der Waals surface area contributed by atoms with Gasteiger partial charge in [-0.1, -0.05) is 53.8 Å². The van der Waals surface area contributed by atoms with Crippen LogP contribution < -0.4 is 5.32 Å². The van der Waals surface area contributed by atoms with Crippen molar-refractivity contribution in [2.45, 2.75) is 0 Å². The van der Waals surface area contributed by atoms with E-state index in [0.29, 0.717) is 15.8 Å². The zero-order valence-corrected chi connectivity index (χ0v) is 14.7. The van der Waals surface area contributed by atoms with E-state index in [9.17, 15) is 14.9 Å². The summed E-state index contributed by atoms with van der Waals surface area (Å²) in [6, 6.07) is 15.5. The molecule has 134 valence electrons. The number of nitrogens with one attached hydrogen (secondary N) is 1. The van der Waals surface area contributed by atoms with Crippen molar-refractivity contribution in [2.75, 3.05) is 5.32 Å². The largest absolute Gasteiger partial charge is 0.297 e. The fraction of sp³-hybridized carbons (Fsp3) is 0. The molecule has 0 saturated heterocycles. The van der Waals surface area contributed by atoms with E-state index < -0.39 is 4.92 Å². The van der Waals surface area contributed by atoms with E-state index in [4.69, 9.17) is 0 Å². The first kappa shape index (κ1) is 18.1. The molecule has 1 aromatic heterocycles. The van der Waals surface area contributed by atoms with Crippen LogP contribution in [0.15, 0.2) is 65.7 Å². The van der Waals surface area contributed by atoms with Crippen LogP contribution in [0.3, 0.4) is 0 Å². The summed E-state index contributed by atoms with van der Waals surface area (Å²) in [5, 5.41) is 21.7. The molecule has 0 unspecified atom stereocenters. The van der Waals surface area contributed by atoms with Gasteiger partial charge in [0.1, 0.15) is 0 Å². The number of nitrogens with zero attached hydrogens (tertiary/aromatic N) is 4. The highest BCUT2D eigenvalue weighted by Crippen LogP contribution is 2.23. The topological polar surface area (TPSA) is 110 Å². The van der Waals surface area contributed by atoms with Gasteiger partial charge in [0.15, 0.2) is 0 Å². The van der Waals surface area contributed by atoms with Gasteiger partial charge in [-0.2, -0.15) is 0 Å². The molecule has 2 aromatic carbocycles. The first-order chi connectivity index (χ1) is 13.1. The highest BCUT2D eigenvalue weighted by Gasteiger charge is 2.06. The zero-order valence-electron chi connectivity index (χ0n) is 13.9. The smallest absolute Gasteiger partial charge is 0.270 e. The van der Waals surface area contributed by atoms with Crippen LogP contribution in [-0.2, 0) is 4.79 Å². The molecule has 3 aromatic rings. The van der Waals surface area contributed by atoms with E-state index in [-0.39, 0.29) is 11.6 Å². The Morgan fingerprint density at radius 1 is 1.11 bits per heavy atom. The van der Waals surface area contributed by atoms with Gasteiger partial charge >= 0.3 is 0 Å². The molecule has 0 spiro atoms. The molecule has 1 amide bonds. The maximum Gasteiger partial charge on any atom is 0.270 e. The summed E-state index contributed by atoms with van der Waals surface area (Å²) in [6.07, 6.45) is 4.55. The van der Waals surface area contributed by atoms with Crippen molar-refractivity contribution in [3.63, 3.8) is 0 Å². The standard InChI is InChI=1S/C18H13N5O3S/c24-16(10-9-13-5-2-1-3-6-13)20-18-22-21-17(27-18)19-12-14-7-4-8-15(11-14)23(25)26/h1-12H,(H,20,22,24). The van der Waals surface area contributed by atoms with Crippen LogP contribution in [0.1, 0.15) is 11.1 Å². The summed E-state index contributed by atoms with van der Waals surface area (Å²) in [7, 11) is 0. The number of nitro groups is 1. The number of aromatic nitrogens is 2. The number of hydrogen-bond donors (Lipinski definition) is 1. The lowest BCUT2D eigenvalue weighted by Gasteiger charge is -1.94. The van der Waals surface area contributed by atoms with Crippen molar-refractivity contribution < 1.29 is 9.72 Å². The Labute approximate surface area is 158 Å². The van der Waals surface area contributed by atoms with Gasteiger partial charge in [-0.15, -0.1) is 10.2 Å². The SMILES string of the molecule is O=C(C=Cc1ccccc1)Nc1nnc(N=Cc2cccc([N+](=O)[O-])c2)s1. The molecule has 0 saturated carbocycles. The molecule has 27 heavy (non-hydrogen) atoms. The highest BCUT2D eigenvalue weighted by molar-refractivity contribution is 7.18. The second-order valence-electron chi connectivity index (χ2n) is 5.23. The summed E-state index contributed by atoms with van der Waals surface area (Å²) < 4.78 is 0. The molecule has 3 rings (SSSR count). The first-order valence-electron chi connectivity index (χ1n) is 7.76. The average molecular weight is 379 g/mol. The van der Waals surface area contributed by atoms with Crippen LogP contribution in [-0.4, -0.2) is 27.2 Å². The van der Waals surface area contributed by atoms with Crippen LogP contribution in [0, 0.1) is 10.1 Å². The predicted octanol–water partition coefficient (Wildman–Crippen LogP) is 3.85. The third kappa shape index (κ3) is 5.38. The van der Waals surface area contributed by atoms with Gasteiger partial charge in [-0.3, -0.25) is 20.2 Å². The third-order valence-corrected chi connectivity index (χ3v) is 4.02. The molecule has 1 heterocycles. The maximum absolute atomic E-state index is 11.9. The molecule has 1 N–H and O–H groups in total. The molecule has 8 nitrogen and oxygen atoms in total. The van der Waals surface area contributed by atoms with E-state index in [0.717, 1.165) is 16.9 Å². The predicted molar refractivity (Wildman–Crippen MR) is 104 cm³/mol. The van der Waals surface area contributed by atoms with E-state index in [2.05, 4.69) is 20.5 Å². The van der Waals surface area contributed by atoms with E-state index in [1.807, 2.05) is 30.3 Å². The molecule has 0 aliphatic rings. The number of aliphatic imine (C=N–C) groups is 1.